The molecule has 0 atom stereocenters. The molecule has 0 fully saturated rings. The molecule has 0 aliphatic carbocycles. The van der Waals surface area contributed by atoms with E-state index >= 15 is 0 Å². The lowest BCUT2D eigenvalue weighted by molar-refractivity contribution is 0.669. The van der Waals surface area contributed by atoms with Gasteiger partial charge in [0.1, 0.15) is 11.2 Å². The highest BCUT2D eigenvalue weighted by atomic mass is 16.3. The summed E-state index contributed by atoms with van der Waals surface area (Å²) in [5, 5.41) is 9.23. The zero-order valence-corrected chi connectivity index (χ0v) is 29.5. The van der Waals surface area contributed by atoms with Crippen LogP contribution in [0, 0.1) is 0 Å². The number of furan rings is 1. The summed E-state index contributed by atoms with van der Waals surface area (Å²) in [6.45, 7) is 0. The van der Waals surface area contributed by atoms with Crippen LogP contribution in [0.1, 0.15) is 0 Å². The molecule has 3 heterocycles. The molecule has 0 amide bonds. The smallest absolute Gasteiger partial charge is 0.164 e. The monoisotopic (exact) mass is 702 g/mol. The second-order valence-electron chi connectivity index (χ2n) is 13.8. The van der Waals surface area contributed by atoms with Gasteiger partial charge in [-0.2, -0.15) is 0 Å². The molecule has 3 aromatic heterocycles. The molecule has 11 rings (SSSR count). The molecule has 0 saturated heterocycles. The van der Waals surface area contributed by atoms with Gasteiger partial charge < -0.3 is 4.42 Å². The average molecular weight is 703 g/mol. The highest BCUT2D eigenvalue weighted by Gasteiger charge is 2.18. The Kier molecular flexibility index (Phi) is 7.10. The number of benzene rings is 8. The molecule has 0 unspecified atom stereocenters. The predicted octanol–water partition coefficient (Wildman–Crippen LogP) is 13.0. The summed E-state index contributed by atoms with van der Waals surface area (Å²) in [5.74, 6) is 1.78. The van der Waals surface area contributed by atoms with Gasteiger partial charge in [0.15, 0.2) is 17.5 Å². The maximum atomic E-state index is 6.26. The number of pyridine rings is 1. The topological polar surface area (TPSA) is 64.7 Å². The lowest BCUT2D eigenvalue weighted by Crippen LogP contribution is -2.00. The minimum absolute atomic E-state index is 0.588. The van der Waals surface area contributed by atoms with Gasteiger partial charge in [0.2, 0.25) is 0 Å². The maximum absolute atomic E-state index is 6.26. The fraction of sp³-hybridized carbons (Fsp3) is 0. The third kappa shape index (κ3) is 5.24. The fourth-order valence-electron chi connectivity index (χ4n) is 7.95. The molecule has 5 nitrogen and oxygen atoms in total. The van der Waals surface area contributed by atoms with E-state index in [2.05, 4.69) is 138 Å². The van der Waals surface area contributed by atoms with Gasteiger partial charge in [-0.25, -0.2) is 15.0 Å². The standard InChI is InChI=1S/C50H30N4O/c1-2-9-31(10-3-1)32-17-21-35(22-18-32)48-52-49(54-50(53-48)42-14-8-16-45-47(42)41-13-6-7-15-44(41)55-45)36-23-19-34(20-24-36)43-30-51-29-37-26-27-39-38-12-5-4-11-33(38)25-28-40(39)46(37)43/h1-30H. The normalized spacial score (nSPS) is 11.6. The first-order chi connectivity index (χ1) is 27.2. The van der Waals surface area contributed by atoms with Gasteiger partial charge in [-0.3, -0.25) is 4.98 Å². The van der Waals surface area contributed by atoms with E-state index in [0.717, 1.165) is 66.3 Å². The van der Waals surface area contributed by atoms with Crippen LogP contribution in [0.5, 0.6) is 0 Å². The van der Waals surface area contributed by atoms with E-state index in [4.69, 9.17) is 19.4 Å². The molecule has 0 bridgehead atoms. The highest BCUT2D eigenvalue weighted by molar-refractivity contribution is 6.20. The number of rotatable bonds is 5. The Morgan fingerprint density at radius 1 is 0.309 bits per heavy atom. The molecule has 0 aliphatic heterocycles. The summed E-state index contributed by atoms with van der Waals surface area (Å²) >= 11 is 0. The summed E-state index contributed by atoms with van der Waals surface area (Å²) in [6.07, 6.45) is 3.92. The van der Waals surface area contributed by atoms with Gasteiger partial charge in [0.25, 0.3) is 0 Å². The molecular formula is C50H30N4O. The van der Waals surface area contributed by atoms with Gasteiger partial charge in [-0.05, 0) is 50.4 Å². The van der Waals surface area contributed by atoms with E-state index in [1.165, 1.54) is 26.9 Å². The van der Waals surface area contributed by atoms with Gasteiger partial charge in [-0.1, -0.05) is 158 Å². The molecule has 0 aliphatic rings. The predicted molar refractivity (Wildman–Crippen MR) is 225 cm³/mol. The third-order valence-electron chi connectivity index (χ3n) is 10.6. The number of hydrogen-bond acceptors (Lipinski definition) is 5. The molecule has 0 radical (unpaired) electrons. The number of fused-ring (bicyclic) bond motifs is 8. The molecule has 0 N–H and O–H groups in total. The van der Waals surface area contributed by atoms with Gasteiger partial charge in [0, 0.05) is 56.2 Å². The lowest BCUT2D eigenvalue weighted by Gasteiger charge is -2.13. The third-order valence-corrected chi connectivity index (χ3v) is 10.6. The van der Waals surface area contributed by atoms with Crippen LogP contribution in [0.4, 0.5) is 0 Å². The second kappa shape index (κ2) is 12.6. The summed E-state index contributed by atoms with van der Waals surface area (Å²) in [5.41, 5.74) is 8.77. The Balaban J connectivity index is 1.06. The van der Waals surface area contributed by atoms with Crippen LogP contribution in [0.3, 0.4) is 0 Å². The van der Waals surface area contributed by atoms with Crippen molar-refractivity contribution in [1.82, 2.24) is 19.9 Å². The minimum atomic E-state index is 0.588. The van der Waals surface area contributed by atoms with Crippen molar-refractivity contribution in [3.05, 3.63) is 182 Å². The van der Waals surface area contributed by atoms with Crippen molar-refractivity contribution in [1.29, 1.82) is 0 Å². The van der Waals surface area contributed by atoms with E-state index in [9.17, 15) is 0 Å². The summed E-state index contributed by atoms with van der Waals surface area (Å²) in [4.78, 5) is 20.0. The lowest BCUT2D eigenvalue weighted by atomic mass is 9.93. The largest absolute Gasteiger partial charge is 0.456 e. The van der Waals surface area contributed by atoms with Crippen LogP contribution in [0.2, 0.25) is 0 Å². The summed E-state index contributed by atoms with van der Waals surface area (Å²) < 4.78 is 6.26. The maximum Gasteiger partial charge on any atom is 0.164 e. The highest BCUT2D eigenvalue weighted by Crippen LogP contribution is 2.39. The van der Waals surface area contributed by atoms with Crippen molar-refractivity contribution in [2.75, 3.05) is 0 Å². The quantitative estimate of drug-likeness (QED) is 0.167. The van der Waals surface area contributed by atoms with E-state index < -0.39 is 0 Å². The molecule has 5 heteroatoms. The second-order valence-corrected chi connectivity index (χ2v) is 13.8. The van der Waals surface area contributed by atoms with E-state index in [-0.39, 0.29) is 0 Å². The first-order valence-electron chi connectivity index (χ1n) is 18.4. The van der Waals surface area contributed by atoms with Crippen LogP contribution in [-0.4, -0.2) is 19.9 Å². The van der Waals surface area contributed by atoms with Crippen LogP contribution < -0.4 is 0 Å². The van der Waals surface area contributed by atoms with Crippen molar-refractivity contribution in [3.8, 4) is 56.4 Å². The number of para-hydroxylation sites is 1. The average Bonchev–Trinajstić information content (AvgIpc) is 3.65. The van der Waals surface area contributed by atoms with Gasteiger partial charge in [0.05, 0.1) is 0 Å². The molecule has 8 aromatic carbocycles. The fourth-order valence-corrected chi connectivity index (χ4v) is 7.95. The Labute approximate surface area is 316 Å². The Hall–Kier alpha value is -7.50. The van der Waals surface area contributed by atoms with Crippen molar-refractivity contribution < 1.29 is 4.42 Å². The van der Waals surface area contributed by atoms with Crippen molar-refractivity contribution in [3.63, 3.8) is 0 Å². The Morgan fingerprint density at radius 2 is 0.909 bits per heavy atom. The van der Waals surface area contributed by atoms with Crippen LogP contribution in [-0.2, 0) is 0 Å². The SMILES string of the molecule is c1ccc(-c2ccc(-c3nc(-c4ccc(-c5cncc6ccc7c8ccccc8ccc7c56)cc4)nc(-c4cccc5oc6ccccc6c45)n3)cc2)cc1. The first-order valence-corrected chi connectivity index (χ1v) is 18.4. The van der Waals surface area contributed by atoms with Gasteiger partial charge >= 0.3 is 0 Å². The molecule has 256 valence electrons. The number of hydrogen-bond donors (Lipinski definition) is 0. The van der Waals surface area contributed by atoms with E-state index in [1.54, 1.807) is 0 Å². The van der Waals surface area contributed by atoms with Crippen LogP contribution in [0.25, 0.3) is 111 Å². The Bertz CT molecular complexity index is 3240. The van der Waals surface area contributed by atoms with E-state index in [1.807, 2.05) is 48.8 Å². The molecule has 0 saturated carbocycles. The number of aromatic nitrogens is 4. The molecule has 55 heavy (non-hydrogen) atoms. The van der Waals surface area contributed by atoms with Crippen molar-refractivity contribution in [2.45, 2.75) is 0 Å². The zero-order chi connectivity index (χ0) is 36.3. The van der Waals surface area contributed by atoms with Crippen molar-refractivity contribution in [2.24, 2.45) is 0 Å². The van der Waals surface area contributed by atoms with Gasteiger partial charge in [-0.15, -0.1) is 0 Å². The minimum Gasteiger partial charge on any atom is -0.456 e. The van der Waals surface area contributed by atoms with E-state index in [0.29, 0.717) is 17.5 Å². The summed E-state index contributed by atoms with van der Waals surface area (Å²) in [6, 6.07) is 58.9. The summed E-state index contributed by atoms with van der Waals surface area (Å²) in [7, 11) is 0. The van der Waals surface area contributed by atoms with Crippen molar-refractivity contribution >= 4 is 54.3 Å². The molecule has 11 aromatic rings. The zero-order valence-electron chi connectivity index (χ0n) is 29.5. The molecular weight excluding hydrogens is 673 g/mol. The number of nitrogens with zero attached hydrogens (tertiary/aromatic N) is 4. The Morgan fingerprint density at radius 3 is 1.71 bits per heavy atom. The molecule has 0 spiro atoms. The van der Waals surface area contributed by atoms with Crippen LogP contribution >= 0.6 is 0 Å². The first kappa shape index (κ1) is 31.1. The van der Waals surface area contributed by atoms with Crippen LogP contribution in [0.15, 0.2) is 187 Å².